The number of carboxylic acid groups (broad SMARTS) is 1. The number of primary amides is 1. The lowest BCUT2D eigenvalue weighted by molar-refractivity contribution is -0.351. The number of phenolic OH excluding ortho intramolecular Hbond substituents is 3. The highest BCUT2D eigenvalue weighted by molar-refractivity contribution is 6.32. The molecule has 8 aliphatic heterocycles. The molecule has 0 aromatic heterocycles. The molecule has 6 aromatic rings. The van der Waals surface area contributed by atoms with Gasteiger partial charge in [0.15, 0.2) is 41.7 Å². The molecule has 35 nitrogen and oxygen atoms in total. The number of halogens is 5. The molecule has 0 aliphatic carbocycles. The number of carbonyl (C=O) groups is 8. The van der Waals surface area contributed by atoms with Crippen molar-refractivity contribution in [3.8, 4) is 62.9 Å². The van der Waals surface area contributed by atoms with Gasteiger partial charge in [-0.3, -0.25) is 33.6 Å². The van der Waals surface area contributed by atoms with Gasteiger partial charge in [-0.05, 0) is 146 Å². The fourth-order valence-electron chi connectivity index (χ4n) is 16.2. The number of aromatic hydroxyl groups is 3. The van der Waals surface area contributed by atoms with E-state index in [1.807, 2.05) is 13.8 Å². The van der Waals surface area contributed by atoms with Crippen LogP contribution in [-0.2, 0) is 68.5 Å². The van der Waals surface area contributed by atoms with E-state index >= 15 is 24.0 Å². The lowest BCUT2D eigenvalue weighted by atomic mass is 9.84. The lowest BCUT2D eigenvalue weighted by Crippen LogP contribution is -2.64. The van der Waals surface area contributed by atoms with E-state index in [0.717, 1.165) is 72.8 Å². The number of alkyl halides is 3. The number of aliphatic carboxylic acids is 1. The maximum atomic E-state index is 16.5. The number of aliphatic hydroxyl groups is 8. The van der Waals surface area contributed by atoms with Gasteiger partial charge in [0, 0.05) is 59.9 Å². The van der Waals surface area contributed by atoms with Gasteiger partial charge < -0.3 is 137 Å². The summed E-state index contributed by atoms with van der Waals surface area (Å²) >= 11 is 14.5. The number of aryl methyl sites for hydroxylation is 1. The van der Waals surface area contributed by atoms with E-state index in [9.17, 15) is 88.8 Å². The summed E-state index contributed by atoms with van der Waals surface area (Å²) in [5.74, 6) is -20.7. The zero-order valence-corrected chi connectivity index (χ0v) is 68.5. The number of nitrogens with two attached hydrogens (primary N) is 2. The molecule has 678 valence electrons. The van der Waals surface area contributed by atoms with E-state index < -0.39 is 303 Å². The molecule has 11 bridgehead atoms. The number of hydrogen-bond acceptors (Lipinski definition) is 29. The summed E-state index contributed by atoms with van der Waals surface area (Å²) in [7, 11) is 0. The zero-order valence-electron chi connectivity index (χ0n) is 67.0. The summed E-state index contributed by atoms with van der Waals surface area (Å²) in [5.41, 5.74) is 8.86. The van der Waals surface area contributed by atoms with Crippen LogP contribution < -0.4 is 51.7 Å². The summed E-state index contributed by atoms with van der Waals surface area (Å²) in [6.45, 7) is 7.19. The highest BCUT2D eigenvalue weighted by atomic mass is 35.5. The van der Waals surface area contributed by atoms with Crippen LogP contribution in [0.15, 0.2) is 103 Å². The summed E-state index contributed by atoms with van der Waals surface area (Å²) in [4.78, 5) is 121. The predicted octanol–water partition coefficient (Wildman–Crippen LogP) is 5.91. The van der Waals surface area contributed by atoms with Gasteiger partial charge in [0.1, 0.15) is 108 Å². The molecule has 3 saturated heterocycles. The molecular weight excluding hydrogens is 1700 g/mol. The minimum Gasteiger partial charge on any atom is -0.508 e. The van der Waals surface area contributed by atoms with Crippen LogP contribution in [0.4, 0.5) is 13.2 Å². The van der Waals surface area contributed by atoms with Gasteiger partial charge in [-0.15, -0.1) is 13.2 Å². The van der Waals surface area contributed by atoms with Crippen LogP contribution in [-0.4, -0.2) is 219 Å². The highest BCUT2D eigenvalue weighted by Gasteiger charge is 2.53. The van der Waals surface area contributed by atoms with Crippen LogP contribution in [0.2, 0.25) is 10.0 Å². The second-order valence-corrected chi connectivity index (χ2v) is 33.1. The SMILES string of the molecule is C.CC[C@H](CC(C)C)C(=O)N[C@H]1C(=O)C[C@@H](CC(N)=O)C(=O)N[C@H]2C(=O)C[C@H]3C(=O)N[C@H](C(=O)N[C@@H](C(=O)O)c4cc(O)cc(O)c4-c4cc3ccc4O)[C@H](OC3C[C@](C)(N)[C@@H](O)[C@H](C)O3)c3ccc(c(Cl)c3)Oc3cc2cc(c3O[C@@H]2O[C@H](CO)[C@@H](O[C@@H]3O[C@H](CCCc4ccc(OC(F)(F)F)cc4)[C@H](O)[C@H](O)[C@H]3O)[C@H](O)[C@H]2O)Oc2ccc(cc2Cl)[C@H]1O. The number of ketones is 2. The molecule has 5 amide bonds. The fourth-order valence-corrected chi connectivity index (χ4v) is 16.6. The maximum absolute atomic E-state index is 16.5. The minimum absolute atomic E-state index is 0. The molecule has 1 unspecified atom stereocenters. The fraction of sp³-hybridized carbons (Fsp3) is 0.482. The first-order valence-electron chi connectivity index (χ1n) is 39.7. The third kappa shape index (κ3) is 21.6. The zero-order chi connectivity index (χ0) is 90.2. The number of rotatable bonds is 20. The average Bonchev–Trinajstić information content (AvgIpc) is 1.35. The summed E-state index contributed by atoms with van der Waals surface area (Å²) in [6, 6.07) is 10.0. The van der Waals surface area contributed by atoms with Crippen LogP contribution in [0.25, 0.3) is 11.1 Å². The number of hydrogen-bond donors (Lipinski definition) is 18. The molecule has 6 aromatic carbocycles. The van der Waals surface area contributed by atoms with Crippen molar-refractivity contribution in [2.45, 2.75) is 234 Å². The third-order valence-electron chi connectivity index (χ3n) is 22.6. The molecule has 3 fully saturated rings. The van der Waals surface area contributed by atoms with Gasteiger partial charge in [0.25, 0.3) is 0 Å². The van der Waals surface area contributed by atoms with Crippen molar-refractivity contribution in [3.63, 3.8) is 0 Å². The number of benzene rings is 6. The molecule has 0 radical (unpaired) electrons. The Bertz CT molecular complexity index is 4990. The normalized spacial score (nSPS) is 29.9. The average molecular weight is 1800 g/mol. The highest BCUT2D eigenvalue weighted by Crippen LogP contribution is 2.51. The molecule has 0 saturated carbocycles. The molecule has 8 heterocycles. The van der Waals surface area contributed by atoms with Crippen molar-refractivity contribution in [1.29, 1.82) is 0 Å². The van der Waals surface area contributed by atoms with Gasteiger partial charge in [-0.1, -0.05) is 81.7 Å². The number of aliphatic hydroxyl groups excluding tert-OH is 8. The van der Waals surface area contributed by atoms with E-state index in [1.165, 1.54) is 44.2 Å². The van der Waals surface area contributed by atoms with Crippen LogP contribution in [0.5, 0.6) is 51.7 Å². The lowest BCUT2D eigenvalue weighted by Gasteiger charge is -2.46. The Labute approximate surface area is 722 Å². The van der Waals surface area contributed by atoms with Crippen molar-refractivity contribution in [3.05, 3.63) is 147 Å². The van der Waals surface area contributed by atoms with Gasteiger partial charge in [0.05, 0.1) is 46.8 Å². The molecule has 20 N–H and O–H groups in total. The molecular formula is C85H99Cl2F3N6O29. The van der Waals surface area contributed by atoms with Gasteiger partial charge in [0.2, 0.25) is 41.6 Å². The Morgan fingerprint density at radius 1 is 0.696 bits per heavy atom. The number of nitrogens with one attached hydrogen (secondary N) is 4. The molecule has 14 rings (SSSR count). The monoisotopic (exact) mass is 1790 g/mol. The Kier molecular flexibility index (Phi) is 30.1. The van der Waals surface area contributed by atoms with Gasteiger partial charge in [-0.25, -0.2) is 4.79 Å². The number of Topliss-reactive ketones (excluding diaryl/α,β-unsaturated/α-hetero) is 2. The number of phenols is 3. The van der Waals surface area contributed by atoms with E-state index in [2.05, 4.69) is 26.0 Å². The predicted molar refractivity (Wildman–Crippen MR) is 431 cm³/mol. The topological polar surface area (TPSA) is 563 Å². The molecule has 40 heteroatoms. The van der Waals surface area contributed by atoms with E-state index in [1.54, 1.807) is 6.92 Å². The smallest absolute Gasteiger partial charge is 0.508 e. The van der Waals surface area contributed by atoms with Crippen LogP contribution in [0.3, 0.4) is 0 Å². The molecule has 8 aliphatic rings. The number of ether oxygens (including phenoxy) is 9. The van der Waals surface area contributed by atoms with Gasteiger partial charge in [-0.2, -0.15) is 0 Å². The first-order valence-corrected chi connectivity index (χ1v) is 40.5. The van der Waals surface area contributed by atoms with Crippen LogP contribution in [0, 0.1) is 17.8 Å². The number of amides is 5. The number of carbonyl (C=O) groups excluding carboxylic acids is 7. The van der Waals surface area contributed by atoms with E-state index in [0.29, 0.717) is 12.0 Å². The van der Waals surface area contributed by atoms with Gasteiger partial charge >= 0.3 is 12.3 Å². The largest absolute Gasteiger partial charge is 0.573 e. The number of fused-ring (bicyclic) bond motifs is 15. The second-order valence-electron chi connectivity index (χ2n) is 32.3. The molecule has 23 atom stereocenters. The standard InChI is InChI=1S/C84H95Cl2F3N6O29.CH4/c1-6-36(20-33(2)3)76(110)94-64-51(100)24-41(27-59(90)102)77(111)92-62-40-25-56(117-53-18-13-38(66(64)103)22-47(53)85)73(122-82-71(108)69(106)74(58(32-96)120-82)123-81-70(107)68(105)67(104)55(119-81)9-7-8-35-10-15-43(16-11-35)124-84(87,88)89)57(26-40)118-54-19-14-39(23-48(54)86)72(121-60-31-83(5,91)75(109)34(4)116-60)65-79(113)93-63(80(114)115)46-28-42(97)29-50(99)61(46)45-21-37(12-17-49(45)98)44(30-52(62)101)78(112)95-65;/h10-19,21-23,25-26,28-29,33-34,36,41,44,55,58,60,62-72,74-75,81-82,96-99,103-109H,6-9,20,24,27,30-32,91H2,1-5H3,(H2,90,102)(H,92,111)(H,93,113)(H,94,110)(H,95,112)(H,114,115);1H4/t34-,36+,41-,44+,55+,58+,60?,62+,63+,64-,65-,66+,67-,68-,69+,70+,71+,72+,74+,75-,81-,82-,83-;/m0./s1. The Morgan fingerprint density at radius 2 is 1.33 bits per heavy atom. The summed E-state index contributed by atoms with van der Waals surface area (Å²) < 4.78 is 93.7. The van der Waals surface area contributed by atoms with E-state index in [4.69, 9.17) is 72.6 Å². The van der Waals surface area contributed by atoms with Crippen molar-refractivity contribution >= 4 is 70.3 Å². The first-order chi connectivity index (χ1) is 58.5. The molecule has 125 heavy (non-hydrogen) atoms. The Hall–Kier alpha value is -10.1. The number of carboxylic acids is 1. The maximum Gasteiger partial charge on any atom is 0.573 e. The summed E-state index contributed by atoms with van der Waals surface area (Å²) in [5, 5.41) is 148. The Morgan fingerprint density at radius 3 is 1.94 bits per heavy atom. The van der Waals surface area contributed by atoms with Crippen molar-refractivity contribution in [2.24, 2.45) is 29.2 Å². The Balaban J connectivity index is 0.0000152. The molecule has 0 spiro atoms. The quantitative estimate of drug-likeness (QED) is 0.0422. The van der Waals surface area contributed by atoms with E-state index in [-0.39, 0.29) is 62.1 Å². The third-order valence-corrected chi connectivity index (χ3v) is 23.2. The van der Waals surface area contributed by atoms with Crippen LogP contribution >= 0.6 is 23.2 Å². The summed E-state index contributed by atoms with van der Waals surface area (Å²) in [6.07, 6.45) is -35.8. The second kappa shape index (κ2) is 39.4. The minimum atomic E-state index is -4.95. The first kappa shape index (κ1) is 95.5. The van der Waals surface area contributed by atoms with Crippen molar-refractivity contribution < 1.29 is 155 Å². The van der Waals surface area contributed by atoms with Crippen molar-refractivity contribution in [1.82, 2.24) is 21.3 Å². The van der Waals surface area contributed by atoms with Crippen molar-refractivity contribution in [2.75, 3.05) is 6.61 Å². The van der Waals surface area contributed by atoms with Crippen LogP contribution in [0.1, 0.15) is 157 Å².